The zero-order valence-corrected chi connectivity index (χ0v) is 9.20. The Morgan fingerprint density at radius 3 is 2.14 bits per heavy atom. The van der Waals surface area contributed by atoms with E-state index in [2.05, 4.69) is 31.3 Å². The lowest BCUT2D eigenvalue weighted by Gasteiger charge is -2.34. The summed E-state index contributed by atoms with van der Waals surface area (Å²) in [5, 5.41) is 3.74. The Morgan fingerprint density at radius 1 is 1.00 bits per heavy atom. The predicted octanol–water partition coefficient (Wildman–Crippen LogP) is 2.25. The van der Waals surface area contributed by atoms with Crippen LogP contribution in [-0.2, 0) is 4.74 Å². The van der Waals surface area contributed by atoms with Crippen molar-refractivity contribution < 1.29 is 4.74 Å². The monoisotopic (exact) mass is 195 g/mol. The number of rotatable bonds is 2. The zero-order chi connectivity index (χ0) is 9.97. The van der Waals surface area contributed by atoms with Gasteiger partial charge < -0.3 is 10.1 Å². The summed E-state index contributed by atoms with van der Waals surface area (Å²) in [4.78, 5) is 0. The van der Waals surface area contributed by atoms with E-state index in [4.69, 9.17) is 4.74 Å². The highest BCUT2D eigenvalue weighted by Gasteiger charge is 2.26. The molecule has 1 fully saturated rings. The van der Waals surface area contributed by atoms with Gasteiger partial charge in [0.2, 0.25) is 0 Å². The standard InChI is InChI=1S/C12H21NO/c1-9-7-12(8-10(2)14-9)13-11-5-3-4-6-11/h3-4,9-13H,5-8H2,1-2H3. The second-order valence-electron chi connectivity index (χ2n) is 4.73. The summed E-state index contributed by atoms with van der Waals surface area (Å²) >= 11 is 0. The number of nitrogens with one attached hydrogen (secondary N) is 1. The van der Waals surface area contributed by atoms with E-state index in [1.807, 2.05) is 0 Å². The van der Waals surface area contributed by atoms with Crippen LogP contribution in [0.4, 0.5) is 0 Å². The van der Waals surface area contributed by atoms with Crippen LogP contribution in [0.5, 0.6) is 0 Å². The molecular weight excluding hydrogens is 174 g/mol. The summed E-state index contributed by atoms with van der Waals surface area (Å²) in [6.07, 6.45) is 10.2. The van der Waals surface area contributed by atoms with Gasteiger partial charge in [-0.3, -0.25) is 0 Å². The van der Waals surface area contributed by atoms with Crippen LogP contribution in [0.15, 0.2) is 12.2 Å². The first-order valence-electron chi connectivity index (χ1n) is 5.80. The molecule has 2 atom stereocenters. The summed E-state index contributed by atoms with van der Waals surface area (Å²) in [6, 6.07) is 1.36. The Balaban J connectivity index is 1.79. The molecule has 2 aliphatic rings. The fourth-order valence-corrected chi connectivity index (χ4v) is 2.63. The third kappa shape index (κ3) is 2.58. The van der Waals surface area contributed by atoms with Gasteiger partial charge in [-0.2, -0.15) is 0 Å². The molecule has 0 saturated carbocycles. The molecule has 80 valence electrons. The first kappa shape index (κ1) is 10.2. The van der Waals surface area contributed by atoms with Crippen molar-refractivity contribution in [1.82, 2.24) is 5.32 Å². The quantitative estimate of drug-likeness (QED) is 0.682. The van der Waals surface area contributed by atoms with E-state index in [9.17, 15) is 0 Å². The summed E-state index contributed by atoms with van der Waals surface area (Å²) in [5.41, 5.74) is 0. The van der Waals surface area contributed by atoms with E-state index in [1.165, 1.54) is 25.7 Å². The van der Waals surface area contributed by atoms with Gasteiger partial charge in [-0.15, -0.1) is 0 Å². The van der Waals surface area contributed by atoms with E-state index in [1.54, 1.807) is 0 Å². The summed E-state index contributed by atoms with van der Waals surface area (Å²) in [6.45, 7) is 4.36. The van der Waals surface area contributed by atoms with Gasteiger partial charge in [0, 0.05) is 12.1 Å². The Morgan fingerprint density at radius 2 is 1.57 bits per heavy atom. The van der Waals surface area contributed by atoms with E-state index in [-0.39, 0.29) is 0 Å². The van der Waals surface area contributed by atoms with Crippen LogP contribution in [0.2, 0.25) is 0 Å². The number of ether oxygens (including phenoxy) is 1. The van der Waals surface area contributed by atoms with Crippen molar-refractivity contribution in [3.05, 3.63) is 12.2 Å². The van der Waals surface area contributed by atoms with Crippen LogP contribution >= 0.6 is 0 Å². The molecule has 2 nitrogen and oxygen atoms in total. The van der Waals surface area contributed by atoms with Crippen molar-refractivity contribution in [2.45, 2.75) is 63.8 Å². The van der Waals surface area contributed by atoms with Crippen LogP contribution in [-0.4, -0.2) is 24.3 Å². The van der Waals surface area contributed by atoms with Crippen LogP contribution < -0.4 is 5.32 Å². The average Bonchev–Trinajstić information content (AvgIpc) is 2.54. The highest BCUT2D eigenvalue weighted by molar-refractivity contribution is 4.99. The molecule has 1 saturated heterocycles. The van der Waals surface area contributed by atoms with Gasteiger partial charge in [0.05, 0.1) is 12.2 Å². The van der Waals surface area contributed by atoms with Crippen LogP contribution in [0.3, 0.4) is 0 Å². The van der Waals surface area contributed by atoms with Gasteiger partial charge in [0.1, 0.15) is 0 Å². The lowest BCUT2D eigenvalue weighted by molar-refractivity contribution is -0.0433. The smallest absolute Gasteiger partial charge is 0.0565 e. The lowest BCUT2D eigenvalue weighted by atomic mass is 9.98. The minimum absolute atomic E-state index is 0.422. The highest BCUT2D eigenvalue weighted by Crippen LogP contribution is 2.21. The van der Waals surface area contributed by atoms with Crippen molar-refractivity contribution in [3.63, 3.8) is 0 Å². The zero-order valence-electron chi connectivity index (χ0n) is 9.20. The first-order valence-corrected chi connectivity index (χ1v) is 5.80. The molecule has 1 aliphatic heterocycles. The molecule has 1 heterocycles. The normalized spacial score (nSPS) is 39.1. The van der Waals surface area contributed by atoms with Crippen molar-refractivity contribution in [1.29, 1.82) is 0 Å². The third-order valence-electron chi connectivity index (χ3n) is 3.18. The SMILES string of the molecule is CC1CC(NC2CC=CC2)CC(C)O1. The average molecular weight is 195 g/mol. The van der Waals surface area contributed by atoms with Gasteiger partial charge >= 0.3 is 0 Å². The van der Waals surface area contributed by atoms with Gasteiger partial charge in [-0.1, -0.05) is 12.2 Å². The molecule has 0 amide bonds. The number of hydrogen-bond acceptors (Lipinski definition) is 2. The molecule has 1 aliphatic carbocycles. The summed E-state index contributed by atoms with van der Waals surface area (Å²) in [7, 11) is 0. The van der Waals surface area contributed by atoms with Crippen LogP contribution in [0.25, 0.3) is 0 Å². The highest BCUT2D eigenvalue weighted by atomic mass is 16.5. The molecule has 0 aromatic carbocycles. The van der Waals surface area contributed by atoms with Crippen molar-refractivity contribution in [2.75, 3.05) is 0 Å². The molecule has 0 spiro atoms. The summed E-state index contributed by atoms with van der Waals surface area (Å²) in [5.74, 6) is 0. The van der Waals surface area contributed by atoms with Gasteiger partial charge in [0.25, 0.3) is 0 Å². The predicted molar refractivity (Wildman–Crippen MR) is 58.3 cm³/mol. The Kier molecular flexibility index (Phi) is 3.24. The second kappa shape index (κ2) is 4.45. The van der Waals surface area contributed by atoms with Crippen LogP contribution in [0, 0.1) is 0 Å². The lowest BCUT2D eigenvalue weighted by Crippen LogP contribution is -2.45. The molecule has 2 unspecified atom stereocenters. The van der Waals surface area contributed by atoms with Crippen LogP contribution in [0.1, 0.15) is 39.5 Å². The van der Waals surface area contributed by atoms with Crippen molar-refractivity contribution in [2.24, 2.45) is 0 Å². The molecule has 2 heteroatoms. The van der Waals surface area contributed by atoms with Crippen molar-refractivity contribution in [3.8, 4) is 0 Å². The Labute approximate surface area is 86.7 Å². The van der Waals surface area contributed by atoms with Gasteiger partial charge in [-0.05, 0) is 39.5 Å². The molecule has 0 bridgehead atoms. The largest absolute Gasteiger partial charge is 0.375 e. The number of hydrogen-bond donors (Lipinski definition) is 1. The molecular formula is C12H21NO. The maximum Gasteiger partial charge on any atom is 0.0565 e. The topological polar surface area (TPSA) is 21.3 Å². The molecule has 14 heavy (non-hydrogen) atoms. The summed E-state index contributed by atoms with van der Waals surface area (Å²) < 4.78 is 5.73. The molecule has 1 N–H and O–H groups in total. The maximum absolute atomic E-state index is 5.73. The molecule has 2 rings (SSSR count). The fraction of sp³-hybridized carbons (Fsp3) is 0.833. The maximum atomic E-state index is 5.73. The molecule has 0 aromatic rings. The van der Waals surface area contributed by atoms with E-state index in [0.29, 0.717) is 24.3 Å². The molecule has 0 radical (unpaired) electrons. The fourth-order valence-electron chi connectivity index (χ4n) is 2.63. The Hall–Kier alpha value is -0.340. The van der Waals surface area contributed by atoms with Gasteiger partial charge in [-0.25, -0.2) is 0 Å². The van der Waals surface area contributed by atoms with Crippen molar-refractivity contribution >= 4 is 0 Å². The van der Waals surface area contributed by atoms with E-state index in [0.717, 1.165) is 0 Å². The first-order chi connectivity index (χ1) is 6.74. The minimum atomic E-state index is 0.422. The Bertz CT molecular complexity index is 196. The van der Waals surface area contributed by atoms with E-state index < -0.39 is 0 Å². The van der Waals surface area contributed by atoms with Gasteiger partial charge in [0.15, 0.2) is 0 Å². The minimum Gasteiger partial charge on any atom is -0.375 e. The van der Waals surface area contributed by atoms with E-state index >= 15 is 0 Å². The molecule has 0 aromatic heterocycles. The second-order valence-corrected chi connectivity index (χ2v) is 4.73. The third-order valence-corrected chi connectivity index (χ3v) is 3.18.